The Morgan fingerprint density at radius 2 is 1.69 bits per heavy atom. The Bertz CT molecular complexity index is 722. The van der Waals surface area contributed by atoms with Gasteiger partial charge in [-0.25, -0.2) is 4.79 Å². The van der Waals surface area contributed by atoms with E-state index in [9.17, 15) is 4.79 Å². The van der Waals surface area contributed by atoms with Crippen LogP contribution < -0.4 is 15.5 Å². The third-order valence-electron chi connectivity index (χ3n) is 4.99. The van der Waals surface area contributed by atoms with Gasteiger partial charge in [-0.3, -0.25) is 0 Å². The van der Waals surface area contributed by atoms with E-state index in [1.807, 2.05) is 6.92 Å². The average molecular weight is 372 g/mol. The Labute approximate surface area is 160 Å². The Hall–Kier alpha value is -2.20. The minimum absolute atomic E-state index is 0.0715. The predicted molar refractivity (Wildman–Crippen MR) is 109 cm³/mol. The first kappa shape index (κ1) is 18.6. The molecule has 1 aliphatic rings. The third kappa shape index (κ3) is 4.92. The maximum absolute atomic E-state index is 12.2. The summed E-state index contributed by atoms with van der Waals surface area (Å²) in [5.41, 5.74) is 3.07. The van der Waals surface area contributed by atoms with E-state index >= 15 is 0 Å². The number of carbonyl (C=O) groups excluding carboxylic acids is 1. The number of carbonyl (C=O) groups is 1. The van der Waals surface area contributed by atoms with Gasteiger partial charge < -0.3 is 15.5 Å². The number of hydrogen-bond acceptors (Lipinski definition) is 2. The molecule has 4 nitrogen and oxygen atoms in total. The minimum atomic E-state index is -0.228. The molecule has 0 aromatic heterocycles. The number of urea groups is 1. The number of amides is 2. The van der Waals surface area contributed by atoms with Crippen molar-refractivity contribution in [2.75, 3.05) is 23.3 Å². The molecule has 138 valence electrons. The molecule has 1 fully saturated rings. The number of halogens is 1. The molecule has 2 N–H and O–H groups in total. The molecule has 2 aromatic rings. The first-order valence-corrected chi connectivity index (χ1v) is 9.57. The molecule has 1 heterocycles. The summed E-state index contributed by atoms with van der Waals surface area (Å²) in [6.45, 7) is 6.55. The average Bonchev–Trinajstić information content (AvgIpc) is 2.64. The van der Waals surface area contributed by atoms with E-state index in [-0.39, 0.29) is 12.1 Å². The van der Waals surface area contributed by atoms with E-state index in [2.05, 4.69) is 46.7 Å². The van der Waals surface area contributed by atoms with Gasteiger partial charge in [0.05, 0.1) is 6.04 Å². The van der Waals surface area contributed by atoms with Crippen molar-refractivity contribution < 1.29 is 4.79 Å². The summed E-state index contributed by atoms with van der Waals surface area (Å²) >= 11 is 5.86. The highest BCUT2D eigenvalue weighted by Crippen LogP contribution is 2.24. The van der Waals surface area contributed by atoms with Crippen molar-refractivity contribution in [2.45, 2.75) is 32.7 Å². The Morgan fingerprint density at radius 1 is 1.08 bits per heavy atom. The number of hydrogen-bond donors (Lipinski definition) is 2. The normalized spacial score (nSPS) is 16.2. The van der Waals surface area contributed by atoms with Gasteiger partial charge in [-0.15, -0.1) is 0 Å². The lowest BCUT2D eigenvalue weighted by atomic mass is 9.98. The molecule has 0 aliphatic carbocycles. The van der Waals surface area contributed by atoms with Crippen LogP contribution in [0.4, 0.5) is 16.2 Å². The highest BCUT2D eigenvalue weighted by Gasteiger charge is 2.16. The van der Waals surface area contributed by atoms with Crippen LogP contribution in [0.15, 0.2) is 48.5 Å². The third-order valence-corrected chi connectivity index (χ3v) is 5.24. The van der Waals surface area contributed by atoms with Crippen LogP contribution in [-0.2, 0) is 0 Å². The van der Waals surface area contributed by atoms with Gasteiger partial charge in [-0.2, -0.15) is 0 Å². The van der Waals surface area contributed by atoms with Crippen LogP contribution in [0.25, 0.3) is 0 Å². The van der Waals surface area contributed by atoms with Crippen molar-refractivity contribution in [1.29, 1.82) is 0 Å². The van der Waals surface area contributed by atoms with Crippen molar-refractivity contribution in [3.8, 4) is 0 Å². The van der Waals surface area contributed by atoms with Crippen LogP contribution >= 0.6 is 11.6 Å². The van der Waals surface area contributed by atoms with Crippen LogP contribution in [0.3, 0.4) is 0 Å². The van der Waals surface area contributed by atoms with E-state index in [0.717, 1.165) is 24.6 Å². The zero-order valence-electron chi connectivity index (χ0n) is 15.3. The summed E-state index contributed by atoms with van der Waals surface area (Å²) in [4.78, 5) is 14.6. The first-order chi connectivity index (χ1) is 12.5. The van der Waals surface area contributed by atoms with Crippen LogP contribution in [0, 0.1) is 5.92 Å². The Morgan fingerprint density at radius 3 is 2.31 bits per heavy atom. The van der Waals surface area contributed by atoms with Crippen LogP contribution in [0.5, 0.6) is 0 Å². The molecular formula is C21H26ClN3O. The fraction of sp³-hybridized carbons (Fsp3) is 0.381. The number of nitrogens with one attached hydrogen (secondary N) is 2. The van der Waals surface area contributed by atoms with Crippen molar-refractivity contribution >= 4 is 29.0 Å². The molecule has 26 heavy (non-hydrogen) atoms. The molecule has 2 amide bonds. The van der Waals surface area contributed by atoms with E-state index in [4.69, 9.17) is 11.6 Å². The van der Waals surface area contributed by atoms with Gasteiger partial charge in [0, 0.05) is 29.5 Å². The molecular weight excluding hydrogens is 346 g/mol. The summed E-state index contributed by atoms with van der Waals surface area (Å²) in [6.07, 6.45) is 2.51. The number of rotatable bonds is 4. The molecule has 3 rings (SSSR count). The summed E-state index contributed by atoms with van der Waals surface area (Å²) < 4.78 is 0. The van der Waals surface area contributed by atoms with Gasteiger partial charge in [-0.1, -0.05) is 30.7 Å². The molecule has 0 saturated carbocycles. The Balaban J connectivity index is 1.54. The smallest absolute Gasteiger partial charge is 0.319 e. The molecule has 1 atom stereocenters. The molecule has 1 unspecified atom stereocenters. The minimum Gasteiger partial charge on any atom is -0.372 e. The maximum Gasteiger partial charge on any atom is 0.319 e. The summed E-state index contributed by atoms with van der Waals surface area (Å²) in [5, 5.41) is 6.43. The zero-order chi connectivity index (χ0) is 18.5. The van der Waals surface area contributed by atoms with E-state index in [1.54, 1.807) is 24.3 Å². The molecule has 1 aliphatic heterocycles. The first-order valence-electron chi connectivity index (χ1n) is 9.19. The monoisotopic (exact) mass is 371 g/mol. The maximum atomic E-state index is 12.2. The summed E-state index contributed by atoms with van der Waals surface area (Å²) in [5.74, 6) is 0.828. The van der Waals surface area contributed by atoms with Gasteiger partial charge in [-0.05, 0) is 67.6 Å². The molecule has 0 radical (unpaired) electrons. The molecule has 1 saturated heterocycles. The van der Waals surface area contributed by atoms with Gasteiger partial charge in [0.2, 0.25) is 0 Å². The molecule has 0 spiro atoms. The van der Waals surface area contributed by atoms with Gasteiger partial charge in [0.25, 0.3) is 0 Å². The predicted octanol–water partition coefficient (Wildman–Crippen LogP) is 5.46. The largest absolute Gasteiger partial charge is 0.372 e. The van der Waals surface area contributed by atoms with E-state index in [1.165, 1.54) is 18.5 Å². The number of benzene rings is 2. The van der Waals surface area contributed by atoms with Crippen LogP contribution in [-0.4, -0.2) is 19.1 Å². The number of piperidine rings is 1. The van der Waals surface area contributed by atoms with E-state index < -0.39 is 0 Å². The quantitative estimate of drug-likeness (QED) is 0.749. The standard InChI is InChI=1S/C21H26ClN3O/c1-15-11-13-25(14-12-15)20-9-3-17(4-10-20)16(2)23-21(26)24-19-7-5-18(22)6-8-19/h3-10,15-16H,11-14H2,1-2H3,(H2,23,24,26). The topological polar surface area (TPSA) is 44.4 Å². The second kappa shape index (κ2) is 8.45. The van der Waals surface area contributed by atoms with Crippen molar-refractivity contribution in [2.24, 2.45) is 5.92 Å². The second-order valence-electron chi connectivity index (χ2n) is 7.09. The SMILES string of the molecule is CC1CCN(c2ccc(C(C)NC(=O)Nc3ccc(Cl)cc3)cc2)CC1. The van der Waals surface area contributed by atoms with Gasteiger partial charge in [0.1, 0.15) is 0 Å². The van der Waals surface area contributed by atoms with Gasteiger partial charge in [0.15, 0.2) is 0 Å². The fourth-order valence-corrected chi connectivity index (χ4v) is 3.35. The summed E-state index contributed by atoms with van der Waals surface area (Å²) in [6, 6.07) is 15.3. The van der Waals surface area contributed by atoms with Gasteiger partial charge >= 0.3 is 6.03 Å². The van der Waals surface area contributed by atoms with E-state index in [0.29, 0.717) is 10.7 Å². The Kier molecular flexibility index (Phi) is 6.04. The molecule has 5 heteroatoms. The lowest BCUT2D eigenvalue weighted by molar-refractivity contribution is 0.249. The summed E-state index contributed by atoms with van der Waals surface area (Å²) in [7, 11) is 0. The fourth-order valence-electron chi connectivity index (χ4n) is 3.22. The number of nitrogens with zero attached hydrogens (tertiary/aromatic N) is 1. The highest BCUT2D eigenvalue weighted by atomic mass is 35.5. The highest BCUT2D eigenvalue weighted by molar-refractivity contribution is 6.30. The second-order valence-corrected chi connectivity index (χ2v) is 7.52. The van der Waals surface area contributed by atoms with Crippen molar-refractivity contribution in [3.05, 3.63) is 59.1 Å². The van der Waals surface area contributed by atoms with Crippen molar-refractivity contribution in [1.82, 2.24) is 5.32 Å². The molecule has 2 aromatic carbocycles. The zero-order valence-corrected chi connectivity index (χ0v) is 16.1. The molecule has 0 bridgehead atoms. The van der Waals surface area contributed by atoms with Crippen LogP contribution in [0.1, 0.15) is 38.3 Å². The lowest BCUT2D eigenvalue weighted by Crippen LogP contribution is -2.33. The lowest BCUT2D eigenvalue weighted by Gasteiger charge is -2.32. The number of anilines is 2. The van der Waals surface area contributed by atoms with Crippen LogP contribution in [0.2, 0.25) is 5.02 Å². The van der Waals surface area contributed by atoms with Crippen molar-refractivity contribution in [3.63, 3.8) is 0 Å².